The van der Waals surface area contributed by atoms with Crippen molar-refractivity contribution in [2.24, 2.45) is 0 Å². The van der Waals surface area contributed by atoms with Crippen LogP contribution in [0.15, 0.2) is 101 Å². The number of ketones is 1. The summed E-state index contributed by atoms with van der Waals surface area (Å²) in [5.41, 5.74) is 1.67. The van der Waals surface area contributed by atoms with Crippen LogP contribution >= 0.6 is 11.8 Å². The number of benzene rings is 3. The van der Waals surface area contributed by atoms with Crippen LogP contribution < -0.4 is 0 Å². The molecule has 0 aliphatic heterocycles. The summed E-state index contributed by atoms with van der Waals surface area (Å²) in [5, 5.41) is 11.6. The molecule has 6 heteroatoms. The summed E-state index contributed by atoms with van der Waals surface area (Å²) in [4.78, 5) is 12.9. The number of Topliss-reactive ketones (excluding diaryl/α,β-unsaturated/α-hetero) is 1. The first-order valence-electron chi connectivity index (χ1n) is 9.94. The molecule has 152 valence electrons. The summed E-state index contributed by atoms with van der Waals surface area (Å²) in [6, 6.07) is 27.5. The van der Waals surface area contributed by atoms with Crippen molar-refractivity contribution in [3.05, 3.63) is 103 Å². The summed E-state index contributed by atoms with van der Waals surface area (Å²) in [5.74, 6) is 1.89. The van der Waals surface area contributed by atoms with Gasteiger partial charge >= 0.3 is 0 Å². The first-order valence-corrected chi connectivity index (χ1v) is 10.9. The van der Waals surface area contributed by atoms with Crippen LogP contribution in [-0.4, -0.2) is 26.3 Å². The van der Waals surface area contributed by atoms with Crippen molar-refractivity contribution in [1.29, 1.82) is 0 Å². The van der Waals surface area contributed by atoms with Crippen LogP contribution in [0.2, 0.25) is 0 Å². The van der Waals surface area contributed by atoms with E-state index in [2.05, 4.69) is 10.2 Å². The van der Waals surface area contributed by atoms with Gasteiger partial charge in [0.2, 0.25) is 0 Å². The van der Waals surface area contributed by atoms with Crippen LogP contribution in [0.4, 0.5) is 0 Å². The highest BCUT2D eigenvalue weighted by Crippen LogP contribution is 2.26. The van der Waals surface area contributed by atoms with Crippen molar-refractivity contribution in [2.45, 2.75) is 11.7 Å². The molecule has 31 heavy (non-hydrogen) atoms. The Labute approximate surface area is 183 Å². The van der Waals surface area contributed by atoms with Crippen molar-refractivity contribution in [1.82, 2.24) is 14.8 Å². The zero-order chi connectivity index (χ0) is 21.0. The molecule has 2 aromatic heterocycles. The summed E-state index contributed by atoms with van der Waals surface area (Å²) in [7, 11) is 0. The second-order valence-corrected chi connectivity index (χ2v) is 8.05. The van der Waals surface area contributed by atoms with E-state index in [0.717, 1.165) is 27.9 Å². The maximum atomic E-state index is 12.9. The fraction of sp³-hybridized carbons (Fsp3) is 0.0800. The number of aromatic nitrogens is 3. The summed E-state index contributed by atoms with van der Waals surface area (Å²) >= 11 is 1.39. The Morgan fingerprint density at radius 2 is 1.68 bits per heavy atom. The van der Waals surface area contributed by atoms with E-state index in [1.54, 1.807) is 6.26 Å². The van der Waals surface area contributed by atoms with Crippen molar-refractivity contribution < 1.29 is 9.21 Å². The van der Waals surface area contributed by atoms with Gasteiger partial charge in [-0.25, -0.2) is 0 Å². The minimum Gasteiger partial charge on any atom is -0.467 e. The molecule has 0 fully saturated rings. The van der Waals surface area contributed by atoms with E-state index in [1.165, 1.54) is 11.8 Å². The lowest BCUT2D eigenvalue weighted by atomic mass is 10.1. The standard InChI is InChI=1S/C25H19N3O2S/c29-23(21-13-12-18-7-4-5-10-20(18)15-21)17-31-25-27-26-24(19-8-2-1-3-9-19)28(25)16-22-11-6-14-30-22/h1-15H,16-17H2. The largest absolute Gasteiger partial charge is 0.467 e. The van der Waals surface area contributed by atoms with Crippen LogP contribution in [0, 0.1) is 0 Å². The van der Waals surface area contributed by atoms with Crippen LogP contribution in [0.3, 0.4) is 0 Å². The molecular weight excluding hydrogens is 406 g/mol. The van der Waals surface area contributed by atoms with E-state index in [4.69, 9.17) is 4.42 Å². The number of furan rings is 1. The molecule has 5 rings (SSSR count). The van der Waals surface area contributed by atoms with Crippen LogP contribution in [-0.2, 0) is 6.54 Å². The number of rotatable bonds is 7. The van der Waals surface area contributed by atoms with Crippen LogP contribution in [0.5, 0.6) is 0 Å². The fourth-order valence-corrected chi connectivity index (χ4v) is 4.31. The first kappa shape index (κ1) is 19.3. The van der Waals surface area contributed by atoms with Crippen LogP contribution in [0.1, 0.15) is 16.1 Å². The molecule has 0 bridgehead atoms. The quantitative estimate of drug-likeness (QED) is 0.247. The summed E-state index contributed by atoms with van der Waals surface area (Å²) in [6.07, 6.45) is 1.65. The van der Waals surface area contributed by atoms with Gasteiger partial charge in [-0.3, -0.25) is 9.36 Å². The van der Waals surface area contributed by atoms with Gasteiger partial charge in [-0.05, 0) is 29.0 Å². The van der Waals surface area contributed by atoms with Gasteiger partial charge in [-0.2, -0.15) is 0 Å². The Hall–Kier alpha value is -3.64. The molecule has 3 aromatic carbocycles. The molecule has 5 nitrogen and oxygen atoms in total. The second kappa shape index (κ2) is 8.62. The number of hydrogen-bond acceptors (Lipinski definition) is 5. The van der Waals surface area contributed by atoms with Crippen LogP contribution in [0.25, 0.3) is 22.2 Å². The zero-order valence-electron chi connectivity index (χ0n) is 16.6. The van der Waals surface area contributed by atoms with Crippen molar-refractivity contribution in [2.75, 3.05) is 5.75 Å². The lowest BCUT2D eigenvalue weighted by Gasteiger charge is -2.09. The minimum absolute atomic E-state index is 0.0598. The normalized spacial score (nSPS) is 11.1. The molecule has 2 heterocycles. The number of carbonyl (C=O) groups is 1. The van der Waals surface area contributed by atoms with Gasteiger partial charge in [-0.1, -0.05) is 78.5 Å². The van der Waals surface area contributed by atoms with Gasteiger partial charge in [0, 0.05) is 11.1 Å². The molecule has 0 spiro atoms. The third kappa shape index (κ3) is 4.15. The first-order chi connectivity index (χ1) is 15.3. The van der Waals surface area contributed by atoms with E-state index in [9.17, 15) is 4.79 Å². The Kier molecular flexibility index (Phi) is 5.37. The average Bonchev–Trinajstić information content (AvgIpc) is 3.48. The molecule has 0 radical (unpaired) electrons. The summed E-state index contributed by atoms with van der Waals surface area (Å²) in [6.45, 7) is 0.497. The topological polar surface area (TPSA) is 60.9 Å². The molecule has 0 saturated heterocycles. The maximum absolute atomic E-state index is 12.9. The molecule has 0 N–H and O–H groups in total. The second-order valence-electron chi connectivity index (χ2n) is 7.11. The highest BCUT2D eigenvalue weighted by Gasteiger charge is 2.17. The minimum atomic E-state index is 0.0598. The highest BCUT2D eigenvalue weighted by atomic mass is 32.2. The molecule has 5 aromatic rings. The van der Waals surface area contributed by atoms with Crippen molar-refractivity contribution in [3.8, 4) is 11.4 Å². The van der Waals surface area contributed by atoms with Gasteiger partial charge in [0.1, 0.15) is 5.76 Å². The third-order valence-corrected chi connectivity index (χ3v) is 6.01. The molecule has 0 unspecified atom stereocenters. The summed E-state index contributed by atoms with van der Waals surface area (Å²) < 4.78 is 7.53. The van der Waals surface area contributed by atoms with Gasteiger partial charge in [-0.15, -0.1) is 10.2 Å². The molecule has 0 aliphatic carbocycles. The van der Waals surface area contributed by atoms with E-state index >= 15 is 0 Å². The molecule has 0 saturated carbocycles. The van der Waals surface area contributed by atoms with Crippen molar-refractivity contribution >= 4 is 28.3 Å². The Balaban J connectivity index is 1.40. The monoisotopic (exact) mass is 425 g/mol. The van der Waals surface area contributed by atoms with Crippen molar-refractivity contribution in [3.63, 3.8) is 0 Å². The zero-order valence-corrected chi connectivity index (χ0v) is 17.5. The Morgan fingerprint density at radius 1 is 0.871 bits per heavy atom. The maximum Gasteiger partial charge on any atom is 0.192 e. The van der Waals surface area contributed by atoms with E-state index in [-0.39, 0.29) is 11.5 Å². The van der Waals surface area contributed by atoms with Gasteiger partial charge in [0.15, 0.2) is 16.8 Å². The third-order valence-electron chi connectivity index (χ3n) is 5.05. The number of thioether (sulfide) groups is 1. The number of nitrogens with zero attached hydrogens (tertiary/aromatic N) is 3. The van der Waals surface area contributed by atoms with E-state index in [0.29, 0.717) is 17.3 Å². The SMILES string of the molecule is O=C(CSc1nnc(-c2ccccc2)n1Cc1ccco1)c1ccc2ccccc2c1. The number of carbonyl (C=O) groups excluding carboxylic acids is 1. The Morgan fingerprint density at radius 3 is 2.48 bits per heavy atom. The van der Waals surface area contributed by atoms with E-state index in [1.807, 2.05) is 89.5 Å². The lowest BCUT2D eigenvalue weighted by molar-refractivity contribution is 0.102. The predicted octanol–water partition coefficient (Wildman–Crippen LogP) is 5.71. The van der Waals surface area contributed by atoms with Gasteiger partial charge in [0.25, 0.3) is 0 Å². The highest BCUT2D eigenvalue weighted by molar-refractivity contribution is 7.99. The molecule has 0 amide bonds. The smallest absolute Gasteiger partial charge is 0.192 e. The fourth-order valence-electron chi connectivity index (χ4n) is 3.47. The number of fused-ring (bicyclic) bond motifs is 1. The van der Waals surface area contributed by atoms with Gasteiger partial charge in [0.05, 0.1) is 18.6 Å². The number of hydrogen-bond donors (Lipinski definition) is 0. The van der Waals surface area contributed by atoms with E-state index < -0.39 is 0 Å². The Bertz CT molecular complexity index is 1330. The lowest BCUT2D eigenvalue weighted by Crippen LogP contribution is -2.06. The van der Waals surface area contributed by atoms with Gasteiger partial charge < -0.3 is 4.42 Å². The molecule has 0 atom stereocenters. The predicted molar refractivity (Wildman–Crippen MR) is 122 cm³/mol. The average molecular weight is 426 g/mol. The molecular formula is C25H19N3O2S. The molecule has 0 aliphatic rings.